The van der Waals surface area contributed by atoms with E-state index in [2.05, 4.69) is 0 Å². The standard InChI is InChI=1S/C15H17Cl2NO2S/c16-11-7-10-9-18(4-1-12(10)13(17)8-11)14(19)15(20)2-5-21-6-3-15/h7-8,20H,1-6,9H2. The van der Waals surface area contributed by atoms with Gasteiger partial charge in [-0.15, -0.1) is 0 Å². The molecule has 0 saturated carbocycles. The lowest BCUT2D eigenvalue weighted by Crippen LogP contribution is -2.52. The van der Waals surface area contributed by atoms with Crippen LogP contribution in [-0.2, 0) is 17.8 Å². The number of fused-ring (bicyclic) bond motifs is 1. The first-order valence-corrected chi connectivity index (χ1v) is 8.97. The SMILES string of the molecule is O=C(N1CCc2c(Cl)cc(Cl)cc2C1)C1(O)CCSCC1. The maximum atomic E-state index is 12.7. The number of carbonyl (C=O) groups excluding carboxylic acids is 1. The minimum atomic E-state index is -1.19. The van der Waals surface area contributed by atoms with Crippen molar-refractivity contribution in [3.8, 4) is 0 Å². The summed E-state index contributed by atoms with van der Waals surface area (Å²) in [6.45, 7) is 1.08. The number of amides is 1. The Balaban J connectivity index is 1.81. The Kier molecular flexibility index (Phi) is 4.42. The molecule has 0 atom stereocenters. The third-order valence-electron chi connectivity index (χ3n) is 4.25. The molecule has 2 heterocycles. The molecule has 0 unspecified atom stereocenters. The van der Waals surface area contributed by atoms with Crippen LogP contribution in [0.5, 0.6) is 0 Å². The van der Waals surface area contributed by atoms with Gasteiger partial charge in [-0.25, -0.2) is 0 Å². The van der Waals surface area contributed by atoms with E-state index in [1.807, 2.05) is 6.07 Å². The normalized spacial score (nSPS) is 21.0. The van der Waals surface area contributed by atoms with Crippen molar-refractivity contribution in [3.63, 3.8) is 0 Å². The highest BCUT2D eigenvalue weighted by molar-refractivity contribution is 7.99. The van der Waals surface area contributed by atoms with Crippen LogP contribution in [0.15, 0.2) is 12.1 Å². The van der Waals surface area contributed by atoms with E-state index in [9.17, 15) is 9.90 Å². The molecule has 21 heavy (non-hydrogen) atoms. The van der Waals surface area contributed by atoms with Gasteiger partial charge in [0, 0.05) is 23.1 Å². The maximum Gasteiger partial charge on any atom is 0.254 e. The number of rotatable bonds is 1. The summed E-state index contributed by atoms with van der Waals surface area (Å²) in [5, 5.41) is 11.8. The second-order valence-electron chi connectivity index (χ2n) is 5.65. The summed E-state index contributed by atoms with van der Waals surface area (Å²) in [6.07, 6.45) is 1.79. The molecule has 0 radical (unpaired) electrons. The van der Waals surface area contributed by atoms with Crippen LogP contribution in [-0.4, -0.2) is 39.6 Å². The highest BCUT2D eigenvalue weighted by Gasteiger charge is 2.41. The first-order chi connectivity index (χ1) is 9.99. The van der Waals surface area contributed by atoms with Crippen molar-refractivity contribution in [2.45, 2.75) is 31.4 Å². The molecule has 0 aromatic heterocycles. The first-order valence-electron chi connectivity index (χ1n) is 7.06. The molecule has 3 nitrogen and oxygen atoms in total. The van der Waals surface area contributed by atoms with Gasteiger partial charge in [0.1, 0.15) is 5.60 Å². The molecule has 0 spiro atoms. The van der Waals surface area contributed by atoms with Crippen LogP contribution in [0, 0.1) is 0 Å². The van der Waals surface area contributed by atoms with Crippen LogP contribution in [0.2, 0.25) is 10.0 Å². The molecule has 114 valence electrons. The summed E-state index contributed by atoms with van der Waals surface area (Å²) in [5.74, 6) is 1.53. The zero-order chi connectivity index (χ0) is 15.0. The lowest BCUT2D eigenvalue weighted by Gasteiger charge is -2.38. The van der Waals surface area contributed by atoms with Gasteiger partial charge in [-0.1, -0.05) is 23.2 Å². The number of benzene rings is 1. The Bertz CT molecular complexity index is 573. The third-order valence-corrected chi connectivity index (χ3v) is 5.79. The number of carbonyl (C=O) groups is 1. The molecule has 0 aliphatic carbocycles. The van der Waals surface area contributed by atoms with Gasteiger partial charge in [0.2, 0.25) is 0 Å². The Hall–Kier alpha value is -0.420. The van der Waals surface area contributed by atoms with E-state index in [1.54, 1.807) is 22.7 Å². The maximum absolute atomic E-state index is 12.7. The van der Waals surface area contributed by atoms with E-state index in [1.165, 1.54) is 0 Å². The quantitative estimate of drug-likeness (QED) is 0.849. The molecule has 1 amide bonds. The van der Waals surface area contributed by atoms with E-state index in [4.69, 9.17) is 23.2 Å². The van der Waals surface area contributed by atoms with Gasteiger partial charge in [0.25, 0.3) is 5.91 Å². The van der Waals surface area contributed by atoms with Crippen molar-refractivity contribution in [1.29, 1.82) is 0 Å². The first kappa shape index (κ1) is 15.5. The van der Waals surface area contributed by atoms with Crippen LogP contribution < -0.4 is 0 Å². The number of hydrogen-bond acceptors (Lipinski definition) is 3. The van der Waals surface area contributed by atoms with Gasteiger partial charge in [-0.3, -0.25) is 4.79 Å². The number of hydrogen-bond donors (Lipinski definition) is 1. The van der Waals surface area contributed by atoms with Crippen LogP contribution in [0.4, 0.5) is 0 Å². The highest BCUT2D eigenvalue weighted by atomic mass is 35.5. The molecule has 0 bridgehead atoms. The largest absolute Gasteiger partial charge is 0.380 e. The number of nitrogens with zero attached hydrogens (tertiary/aromatic N) is 1. The summed E-state index contributed by atoms with van der Waals surface area (Å²) in [7, 11) is 0. The van der Waals surface area contributed by atoms with Crippen LogP contribution in [0.3, 0.4) is 0 Å². The molecule has 3 rings (SSSR count). The van der Waals surface area contributed by atoms with E-state index in [-0.39, 0.29) is 5.91 Å². The van der Waals surface area contributed by atoms with Crippen molar-refractivity contribution < 1.29 is 9.90 Å². The fourth-order valence-electron chi connectivity index (χ4n) is 3.00. The molecule has 1 saturated heterocycles. The van der Waals surface area contributed by atoms with E-state index < -0.39 is 5.60 Å². The molecule has 1 N–H and O–H groups in total. The Morgan fingerprint density at radius 1 is 1.29 bits per heavy atom. The van der Waals surface area contributed by atoms with Gasteiger partial charge >= 0.3 is 0 Å². The smallest absolute Gasteiger partial charge is 0.254 e. The topological polar surface area (TPSA) is 40.5 Å². The highest BCUT2D eigenvalue weighted by Crippen LogP contribution is 2.33. The molecule has 1 aromatic carbocycles. The summed E-state index contributed by atoms with van der Waals surface area (Å²) < 4.78 is 0. The van der Waals surface area contributed by atoms with Crippen molar-refractivity contribution in [2.75, 3.05) is 18.1 Å². The second kappa shape index (κ2) is 5.99. The monoisotopic (exact) mass is 345 g/mol. The number of halogens is 2. The Labute approximate surface area is 138 Å². The van der Waals surface area contributed by atoms with Gasteiger partial charge in [0.05, 0.1) is 0 Å². The van der Waals surface area contributed by atoms with Gasteiger partial charge < -0.3 is 10.0 Å². The van der Waals surface area contributed by atoms with Gasteiger partial charge in [-0.05, 0) is 54.0 Å². The van der Waals surface area contributed by atoms with Crippen molar-refractivity contribution >= 4 is 40.9 Å². The summed E-state index contributed by atoms with van der Waals surface area (Å²) in [5.41, 5.74) is 0.864. The van der Waals surface area contributed by atoms with Crippen molar-refractivity contribution in [1.82, 2.24) is 4.90 Å². The van der Waals surface area contributed by atoms with E-state index >= 15 is 0 Å². The summed E-state index contributed by atoms with van der Waals surface area (Å²) >= 11 is 14.0. The van der Waals surface area contributed by atoms with Crippen LogP contribution in [0.25, 0.3) is 0 Å². The van der Waals surface area contributed by atoms with E-state index in [0.29, 0.717) is 42.4 Å². The molecule has 1 fully saturated rings. The lowest BCUT2D eigenvalue weighted by molar-refractivity contribution is -0.153. The van der Waals surface area contributed by atoms with Gasteiger partial charge in [-0.2, -0.15) is 11.8 Å². The summed E-state index contributed by atoms with van der Waals surface area (Å²) in [6, 6.07) is 3.61. The zero-order valence-electron chi connectivity index (χ0n) is 11.6. The van der Waals surface area contributed by atoms with Crippen LogP contribution >= 0.6 is 35.0 Å². The van der Waals surface area contributed by atoms with E-state index in [0.717, 1.165) is 22.6 Å². The Morgan fingerprint density at radius 2 is 2.00 bits per heavy atom. The van der Waals surface area contributed by atoms with Crippen molar-refractivity contribution in [2.24, 2.45) is 0 Å². The predicted molar refractivity (Wildman–Crippen MR) is 87.1 cm³/mol. The predicted octanol–water partition coefficient (Wildman–Crippen LogP) is 3.14. The number of thioether (sulfide) groups is 1. The molecule has 2 aliphatic heterocycles. The molecular formula is C15H17Cl2NO2S. The molecular weight excluding hydrogens is 329 g/mol. The molecule has 1 aromatic rings. The molecule has 2 aliphatic rings. The molecule has 6 heteroatoms. The zero-order valence-corrected chi connectivity index (χ0v) is 13.9. The minimum Gasteiger partial charge on any atom is -0.380 e. The number of aliphatic hydroxyl groups is 1. The third kappa shape index (κ3) is 3.04. The summed E-state index contributed by atoms with van der Waals surface area (Å²) in [4.78, 5) is 14.4. The minimum absolute atomic E-state index is 0.149. The average molecular weight is 346 g/mol. The van der Waals surface area contributed by atoms with Crippen LogP contribution in [0.1, 0.15) is 24.0 Å². The second-order valence-corrected chi connectivity index (χ2v) is 7.71. The van der Waals surface area contributed by atoms with Crippen molar-refractivity contribution in [3.05, 3.63) is 33.3 Å². The fraction of sp³-hybridized carbons (Fsp3) is 0.533. The average Bonchev–Trinajstić information content (AvgIpc) is 2.46. The van der Waals surface area contributed by atoms with Gasteiger partial charge in [0.15, 0.2) is 0 Å². The fourth-order valence-corrected chi connectivity index (χ4v) is 4.80. The Morgan fingerprint density at radius 3 is 2.71 bits per heavy atom. The lowest BCUT2D eigenvalue weighted by atomic mass is 9.92.